The molecule has 1 fully saturated rings. The number of nitrogens with zero attached hydrogens (tertiary/aromatic N) is 2. The van der Waals surface area contributed by atoms with E-state index in [0.29, 0.717) is 0 Å². The Hall–Kier alpha value is -0.870. The quantitative estimate of drug-likeness (QED) is 0.741. The van der Waals surface area contributed by atoms with Gasteiger partial charge >= 0.3 is 0 Å². The van der Waals surface area contributed by atoms with Gasteiger partial charge in [-0.15, -0.1) is 0 Å². The lowest BCUT2D eigenvalue weighted by Gasteiger charge is -2.26. The maximum absolute atomic E-state index is 4.76. The summed E-state index contributed by atoms with van der Waals surface area (Å²) in [5.41, 5.74) is 0.980. The molecule has 0 aromatic carbocycles. The zero-order chi connectivity index (χ0) is 10.3. The van der Waals surface area contributed by atoms with Gasteiger partial charge in [0.25, 0.3) is 0 Å². The number of aromatic nitrogens is 1. The van der Waals surface area contributed by atoms with Gasteiger partial charge in [0.15, 0.2) is 0 Å². The van der Waals surface area contributed by atoms with Gasteiger partial charge in [-0.25, -0.2) is 0 Å². The molecule has 1 aliphatic rings. The molecule has 0 radical (unpaired) electrons. The summed E-state index contributed by atoms with van der Waals surface area (Å²) >= 11 is 0. The van der Waals surface area contributed by atoms with Crippen molar-refractivity contribution in [3.8, 4) is 0 Å². The fraction of sp³-hybridized carbons (Fsp3) is 0.727. The first-order valence-electron chi connectivity index (χ1n) is 5.77. The Balaban J connectivity index is 1.54. The highest BCUT2D eigenvalue weighted by molar-refractivity contribution is 4.94. The van der Waals surface area contributed by atoms with Gasteiger partial charge in [-0.1, -0.05) is 11.6 Å². The minimum Gasteiger partial charge on any atom is -0.364 e. The van der Waals surface area contributed by atoms with Gasteiger partial charge in [-0.05, 0) is 25.9 Å². The van der Waals surface area contributed by atoms with Crippen LogP contribution in [0.5, 0.6) is 0 Å². The summed E-state index contributed by atoms with van der Waals surface area (Å²) in [5, 5.41) is 7.22. The molecule has 2 heterocycles. The molecule has 4 heteroatoms. The molecule has 84 valence electrons. The molecule has 0 aliphatic carbocycles. The van der Waals surface area contributed by atoms with Crippen LogP contribution in [0.3, 0.4) is 0 Å². The highest BCUT2D eigenvalue weighted by atomic mass is 16.5. The van der Waals surface area contributed by atoms with Crippen LogP contribution in [-0.4, -0.2) is 36.2 Å². The zero-order valence-electron chi connectivity index (χ0n) is 9.11. The molecule has 0 bridgehead atoms. The maximum Gasteiger partial charge on any atom is 0.124 e. The second kappa shape index (κ2) is 5.88. The molecular formula is C11H19N3O. The molecule has 1 saturated heterocycles. The van der Waals surface area contributed by atoms with Crippen LogP contribution in [0.4, 0.5) is 0 Å². The molecule has 2 rings (SSSR count). The van der Waals surface area contributed by atoms with Crippen LogP contribution in [-0.2, 0) is 6.54 Å². The summed E-state index contributed by atoms with van der Waals surface area (Å²) < 4.78 is 4.76. The van der Waals surface area contributed by atoms with Gasteiger partial charge in [0.05, 0.1) is 5.69 Å². The lowest BCUT2D eigenvalue weighted by Crippen LogP contribution is -2.35. The molecule has 1 aliphatic heterocycles. The predicted octanol–water partition coefficient (Wildman–Crippen LogP) is 1.25. The van der Waals surface area contributed by atoms with Crippen molar-refractivity contribution in [1.29, 1.82) is 0 Å². The number of hydrogen-bond donors (Lipinski definition) is 1. The standard InChI is InChI=1S/C11H19N3O/c1-2-6-14(7-3-1)8-5-12-10-11-4-9-15-13-11/h4,9,12H,1-3,5-8,10H2. The van der Waals surface area contributed by atoms with E-state index in [2.05, 4.69) is 15.4 Å². The summed E-state index contributed by atoms with van der Waals surface area (Å²) in [4.78, 5) is 2.53. The number of likely N-dealkylation sites (tertiary alicyclic amines) is 1. The first kappa shape index (κ1) is 10.6. The smallest absolute Gasteiger partial charge is 0.124 e. The minimum absolute atomic E-state index is 0.810. The number of rotatable bonds is 5. The van der Waals surface area contributed by atoms with E-state index in [9.17, 15) is 0 Å². The second-order valence-corrected chi connectivity index (χ2v) is 4.07. The van der Waals surface area contributed by atoms with Gasteiger partial charge < -0.3 is 14.7 Å². The van der Waals surface area contributed by atoms with Crippen LogP contribution in [0.25, 0.3) is 0 Å². The van der Waals surface area contributed by atoms with E-state index < -0.39 is 0 Å². The maximum atomic E-state index is 4.76. The summed E-state index contributed by atoms with van der Waals surface area (Å²) in [7, 11) is 0. The van der Waals surface area contributed by atoms with E-state index in [4.69, 9.17) is 4.52 Å². The molecule has 0 spiro atoms. The van der Waals surface area contributed by atoms with Gasteiger partial charge in [0.1, 0.15) is 6.26 Å². The predicted molar refractivity (Wildman–Crippen MR) is 58.5 cm³/mol. The summed E-state index contributed by atoms with van der Waals surface area (Å²) in [6.45, 7) is 5.53. The largest absolute Gasteiger partial charge is 0.364 e. The molecule has 15 heavy (non-hydrogen) atoms. The third-order valence-corrected chi connectivity index (χ3v) is 2.85. The Kier molecular flexibility index (Phi) is 4.17. The molecule has 1 aromatic heterocycles. The van der Waals surface area contributed by atoms with Crippen molar-refractivity contribution in [2.24, 2.45) is 0 Å². The van der Waals surface area contributed by atoms with E-state index in [0.717, 1.165) is 25.3 Å². The average Bonchev–Trinajstić information content (AvgIpc) is 2.79. The molecule has 0 atom stereocenters. The Bertz CT molecular complexity index is 255. The normalized spacial score (nSPS) is 18.1. The summed E-state index contributed by atoms with van der Waals surface area (Å²) in [5.74, 6) is 0. The summed E-state index contributed by atoms with van der Waals surface area (Å²) in [6.07, 6.45) is 5.75. The second-order valence-electron chi connectivity index (χ2n) is 4.07. The van der Waals surface area contributed by atoms with Gasteiger partial charge in [-0.2, -0.15) is 0 Å². The lowest BCUT2D eigenvalue weighted by molar-refractivity contribution is 0.228. The van der Waals surface area contributed by atoms with Crippen molar-refractivity contribution in [3.63, 3.8) is 0 Å². The Morgan fingerprint density at radius 1 is 1.33 bits per heavy atom. The van der Waals surface area contributed by atoms with Crippen LogP contribution in [0.1, 0.15) is 25.0 Å². The Labute approximate surface area is 90.6 Å². The molecule has 0 unspecified atom stereocenters. The van der Waals surface area contributed by atoms with Crippen LogP contribution in [0.15, 0.2) is 16.9 Å². The fourth-order valence-corrected chi connectivity index (χ4v) is 1.97. The van der Waals surface area contributed by atoms with Crippen LogP contribution < -0.4 is 5.32 Å². The summed E-state index contributed by atoms with van der Waals surface area (Å²) in [6, 6.07) is 1.90. The van der Waals surface area contributed by atoms with E-state index in [1.165, 1.54) is 32.4 Å². The topological polar surface area (TPSA) is 41.3 Å². The van der Waals surface area contributed by atoms with E-state index in [1.54, 1.807) is 6.26 Å². The van der Waals surface area contributed by atoms with Crippen molar-refractivity contribution in [1.82, 2.24) is 15.4 Å². The van der Waals surface area contributed by atoms with Crippen LogP contribution in [0, 0.1) is 0 Å². The Morgan fingerprint density at radius 3 is 2.93 bits per heavy atom. The van der Waals surface area contributed by atoms with Crippen LogP contribution >= 0.6 is 0 Å². The van der Waals surface area contributed by atoms with Crippen molar-refractivity contribution in [3.05, 3.63) is 18.0 Å². The van der Waals surface area contributed by atoms with E-state index in [1.807, 2.05) is 6.07 Å². The SMILES string of the molecule is c1cc(CNCCN2CCCCC2)no1. The molecule has 1 N–H and O–H groups in total. The molecule has 0 amide bonds. The van der Waals surface area contributed by atoms with Gasteiger partial charge in [0, 0.05) is 25.7 Å². The van der Waals surface area contributed by atoms with E-state index >= 15 is 0 Å². The third-order valence-electron chi connectivity index (χ3n) is 2.85. The molecular weight excluding hydrogens is 190 g/mol. The lowest BCUT2D eigenvalue weighted by atomic mass is 10.1. The van der Waals surface area contributed by atoms with Crippen molar-refractivity contribution in [2.75, 3.05) is 26.2 Å². The van der Waals surface area contributed by atoms with Crippen molar-refractivity contribution >= 4 is 0 Å². The molecule has 0 saturated carbocycles. The third kappa shape index (κ3) is 3.64. The van der Waals surface area contributed by atoms with Gasteiger partial charge in [0.2, 0.25) is 0 Å². The van der Waals surface area contributed by atoms with Crippen LogP contribution in [0.2, 0.25) is 0 Å². The average molecular weight is 209 g/mol. The number of hydrogen-bond acceptors (Lipinski definition) is 4. The monoisotopic (exact) mass is 209 g/mol. The van der Waals surface area contributed by atoms with Crippen molar-refractivity contribution in [2.45, 2.75) is 25.8 Å². The Morgan fingerprint density at radius 2 is 2.20 bits per heavy atom. The molecule has 4 nitrogen and oxygen atoms in total. The minimum atomic E-state index is 0.810. The zero-order valence-corrected chi connectivity index (χ0v) is 9.11. The first-order chi connectivity index (χ1) is 7.45. The van der Waals surface area contributed by atoms with Crippen molar-refractivity contribution < 1.29 is 4.52 Å². The van der Waals surface area contributed by atoms with Gasteiger partial charge in [-0.3, -0.25) is 0 Å². The van der Waals surface area contributed by atoms with E-state index in [-0.39, 0.29) is 0 Å². The fourth-order valence-electron chi connectivity index (χ4n) is 1.97. The molecule has 1 aromatic rings. The number of nitrogens with one attached hydrogen (secondary N) is 1. The highest BCUT2D eigenvalue weighted by Crippen LogP contribution is 2.07. The number of piperidine rings is 1. The first-order valence-corrected chi connectivity index (χ1v) is 5.77. The highest BCUT2D eigenvalue weighted by Gasteiger charge is 2.08.